The molecule has 18 heavy (non-hydrogen) atoms. The maximum atomic E-state index is 6.09. The molecule has 104 valence electrons. The smallest absolute Gasteiger partial charge is 0.189 e. The van der Waals surface area contributed by atoms with Gasteiger partial charge in [-0.05, 0) is 31.6 Å². The molecule has 0 aromatic rings. The van der Waals surface area contributed by atoms with Crippen LogP contribution in [0.3, 0.4) is 0 Å². The molecule has 2 aliphatic rings. The molecule has 3 heteroatoms. The summed E-state index contributed by atoms with van der Waals surface area (Å²) in [6, 6.07) is 1.02. The summed E-state index contributed by atoms with van der Waals surface area (Å²) >= 11 is 0. The van der Waals surface area contributed by atoms with Gasteiger partial charge in [0.1, 0.15) is 0 Å². The highest BCUT2D eigenvalue weighted by Gasteiger charge is 2.20. The van der Waals surface area contributed by atoms with Gasteiger partial charge in [0.15, 0.2) is 5.96 Å². The molecule has 2 aliphatic carbocycles. The third kappa shape index (κ3) is 4.18. The van der Waals surface area contributed by atoms with Crippen LogP contribution in [-0.2, 0) is 0 Å². The summed E-state index contributed by atoms with van der Waals surface area (Å²) in [4.78, 5) is 4.75. The normalized spacial score (nSPS) is 31.9. The van der Waals surface area contributed by atoms with Gasteiger partial charge < -0.3 is 11.1 Å². The van der Waals surface area contributed by atoms with Gasteiger partial charge in [-0.1, -0.05) is 45.4 Å². The molecule has 2 atom stereocenters. The van der Waals surface area contributed by atoms with Gasteiger partial charge in [0.2, 0.25) is 0 Å². The Morgan fingerprint density at radius 3 is 2.28 bits per heavy atom. The van der Waals surface area contributed by atoms with Gasteiger partial charge in [-0.2, -0.15) is 0 Å². The molecule has 0 amide bonds. The van der Waals surface area contributed by atoms with E-state index in [1.54, 1.807) is 0 Å². The van der Waals surface area contributed by atoms with Gasteiger partial charge in [0, 0.05) is 6.04 Å². The second-order valence-corrected chi connectivity index (χ2v) is 6.18. The Bertz CT molecular complexity index is 269. The minimum Gasteiger partial charge on any atom is -0.370 e. The summed E-state index contributed by atoms with van der Waals surface area (Å²) in [5.74, 6) is 1.39. The number of aliphatic imine (C=N–C) groups is 1. The molecule has 2 fully saturated rings. The van der Waals surface area contributed by atoms with Crippen LogP contribution in [0, 0.1) is 5.92 Å². The quantitative estimate of drug-likeness (QED) is 0.450. The summed E-state index contributed by atoms with van der Waals surface area (Å²) in [7, 11) is 0. The van der Waals surface area contributed by atoms with Gasteiger partial charge in [-0.15, -0.1) is 0 Å². The summed E-state index contributed by atoms with van der Waals surface area (Å²) < 4.78 is 0. The Kier molecular flexibility index (Phi) is 5.33. The van der Waals surface area contributed by atoms with E-state index in [4.69, 9.17) is 10.7 Å². The Morgan fingerprint density at radius 2 is 1.56 bits per heavy atom. The van der Waals surface area contributed by atoms with Crippen LogP contribution < -0.4 is 11.1 Å². The van der Waals surface area contributed by atoms with Crippen LogP contribution in [-0.4, -0.2) is 18.0 Å². The van der Waals surface area contributed by atoms with Gasteiger partial charge in [-0.3, -0.25) is 0 Å². The number of nitrogens with zero attached hydrogens (tertiary/aromatic N) is 1. The number of nitrogens with two attached hydrogens (primary N) is 1. The first-order chi connectivity index (χ1) is 8.75. The van der Waals surface area contributed by atoms with Crippen LogP contribution in [0.2, 0.25) is 0 Å². The molecule has 0 saturated heterocycles. The Hall–Kier alpha value is -0.730. The minimum absolute atomic E-state index is 0.448. The van der Waals surface area contributed by atoms with E-state index >= 15 is 0 Å². The van der Waals surface area contributed by atoms with Crippen molar-refractivity contribution in [3.05, 3.63) is 0 Å². The maximum Gasteiger partial charge on any atom is 0.189 e. The van der Waals surface area contributed by atoms with Crippen molar-refractivity contribution in [1.82, 2.24) is 5.32 Å². The van der Waals surface area contributed by atoms with Gasteiger partial charge in [-0.25, -0.2) is 4.99 Å². The minimum atomic E-state index is 0.448. The van der Waals surface area contributed by atoms with Gasteiger partial charge >= 0.3 is 0 Å². The lowest BCUT2D eigenvalue weighted by Crippen LogP contribution is -2.42. The van der Waals surface area contributed by atoms with Crippen molar-refractivity contribution in [3.63, 3.8) is 0 Å². The molecular formula is C15H29N3. The molecule has 0 spiro atoms. The Balaban J connectivity index is 1.85. The van der Waals surface area contributed by atoms with Crippen molar-refractivity contribution in [2.45, 2.75) is 83.2 Å². The molecule has 2 saturated carbocycles. The Morgan fingerprint density at radius 1 is 0.944 bits per heavy atom. The first-order valence-corrected chi connectivity index (χ1v) is 7.85. The molecule has 0 aromatic carbocycles. The standard InChI is InChI=1S/C15H29N3/c1-12-8-4-2-7-11-14(12)18-15(16)17-13-9-5-3-6-10-13/h12-14H,2-11H2,1H3,(H3,16,17,18). The second kappa shape index (κ2) is 7.01. The fourth-order valence-electron chi connectivity index (χ4n) is 3.34. The molecule has 3 nitrogen and oxygen atoms in total. The van der Waals surface area contributed by atoms with E-state index in [0.717, 1.165) is 0 Å². The SMILES string of the molecule is CC1CCCCCC1N=C(N)NC1CCCCC1. The highest BCUT2D eigenvalue weighted by molar-refractivity contribution is 5.78. The third-order valence-corrected chi connectivity index (χ3v) is 4.58. The molecule has 0 radical (unpaired) electrons. The lowest BCUT2D eigenvalue weighted by atomic mass is 9.95. The number of nitrogens with one attached hydrogen (secondary N) is 1. The molecule has 0 bridgehead atoms. The van der Waals surface area contributed by atoms with E-state index in [1.807, 2.05) is 0 Å². The molecule has 0 aliphatic heterocycles. The highest BCUT2D eigenvalue weighted by atomic mass is 15.1. The highest BCUT2D eigenvalue weighted by Crippen LogP contribution is 2.25. The first-order valence-electron chi connectivity index (χ1n) is 7.85. The monoisotopic (exact) mass is 251 g/mol. The van der Waals surface area contributed by atoms with Crippen molar-refractivity contribution in [3.8, 4) is 0 Å². The maximum absolute atomic E-state index is 6.09. The summed E-state index contributed by atoms with van der Waals surface area (Å²) in [5, 5.41) is 3.43. The van der Waals surface area contributed by atoms with Crippen LogP contribution in [0.5, 0.6) is 0 Å². The van der Waals surface area contributed by atoms with E-state index in [0.29, 0.717) is 24.0 Å². The topological polar surface area (TPSA) is 50.4 Å². The van der Waals surface area contributed by atoms with Crippen molar-refractivity contribution in [2.24, 2.45) is 16.6 Å². The molecule has 0 aromatic heterocycles. The molecular weight excluding hydrogens is 222 g/mol. The predicted molar refractivity (Wildman–Crippen MR) is 77.7 cm³/mol. The first kappa shape index (κ1) is 13.7. The number of hydrogen-bond donors (Lipinski definition) is 2. The molecule has 2 unspecified atom stereocenters. The fraction of sp³-hybridized carbons (Fsp3) is 0.933. The van der Waals surface area contributed by atoms with Crippen molar-refractivity contribution >= 4 is 5.96 Å². The summed E-state index contributed by atoms with van der Waals surface area (Å²) in [5.41, 5.74) is 6.09. The summed E-state index contributed by atoms with van der Waals surface area (Å²) in [6.45, 7) is 2.33. The average molecular weight is 251 g/mol. The third-order valence-electron chi connectivity index (χ3n) is 4.58. The van der Waals surface area contributed by atoms with E-state index < -0.39 is 0 Å². The van der Waals surface area contributed by atoms with Crippen molar-refractivity contribution < 1.29 is 0 Å². The molecule has 3 N–H and O–H groups in total. The zero-order valence-corrected chi connectivity index (χ0v) is 11.8. The van der Waals surface area contributed by atoms with Crippen LogP contribution in [0.1, 0.15) is 71.1 Å². The van der Waals surface area contributed by atoms with Gasteiger partial charge in [0.05, 0.1) is 6.04 Å². The van der Waals surface area contributed by atoms with Crippen LogP contribution in [0.4, 0.5) is 0 Å². The van der Waals surface area contributed by atoms with Crippen molar-refractivity contribution in [2.75, 3.05) is 0 Å². The van der Waals surface area contributed by atoms with E-state index in [2.05, 4.69) is 12.2 Å². The van der Waals surface area contributed by atoms with Crippen LogP contribution in [0.25, 0.3) is 0 Å². The number of hydrogen-bond acceptors (Lipinski definition) is 1. The molecule has 2 rings (SSSR count). The van der Waals surface area contributed by atoms with E-state index in [-0.39, 0.29) is 0 Å². The zero-order chi connectivity index (χ0) is 12.8. The zero-order valence-electron chi connectivity index (χ0n) is 11.8. The van der Waals surface area contributed by atoms with Gasteiger partial charge in [0.25, 0.3) is 0 Å². The lowest BCUT2D eigenvalue weighted by molar-refractivity contribution is 0.405. The molecule has 0 heterocycles. The second-order valence-electron chi connectivity index (χ2n) is 6.18. The summed E-state index contributed by atoms with van der Waals surface area (Å²) in [6.07, 6.45) is 13.2. The number of guanidine groups is 1. The Labute approximate surface area is 112 Å². The lowest BCUT2D eigenvalue weighted by Gasteiger charge is -2.24. The number of rotatable bonds is 2. The van der Waals surface area contributed by atoms with Crippen LogP contribution in [0.15, 0.2) is 4.99 Å². The predicted octanol–water partition coefficient (Wildman–Crippen LogP) is 3.19. The van der Waals surface area contributed by atoms with E-state index in [1.165, 1.54) is 64.2 Å². The average Bonchev–Trinajstić information content (AvgIpc) is 2.56. The van der Waals surface area contributed by atoms with Crippen LogP contribution >= 0.6 is 0 Å². The fourth-order valence-corrected chi connectivity index (χ4v) is 3.34. The van der Waals surface area contributed by atoms with Crippen molar-refractivity contribution in [1.29, 1.82) is 0 Å². The largest absolute Gasteiger partial charge is 0.370 e. The van der Waals surface area contributed by atoms with E-state index in [9.17, 15) is 0 Å².